The van der Waals surface area contributed by atoms with Crippen molar-refractivity contribution < 1.29 is 14.6 Å². The van der Waals surface area contributed by atoms with Gasteiger partial charge in [0.05, 0.1) is 19.8 Å². The third kappa shape index (κ3) is 3.32. The molecule has 1 N–H and O–H groups in total. The van der Waals surface area contributed by atoms with Crippen molar-refractivity contribution in [3.8, 4) is 0 Å². The van der Waals surface area contributed by atoms with Gasteiger partial charge in [0.15, 0.2) is 0 Å². The van der Waals surface area contributed by atoms with Gasteiger partial charge in [0, 0.05) is 6.54 Å². The summed E-state index contributed by atoms with van der Waals surface area (Å²) >= 11 is 0. The summed E-state index contributed by atoms with van der Waals surface area (Å²) in [7, 11) is 3.28. The summed E-state index contributed by atoms with van der Waals surface area (Å²) in [6.07, 6.45) is 1.62. The van der Waals surface area contributed by atoms with E-state index in [1.165, 1.54) is 7.11 Å². The molecule has 0 heterocycles. The SMILES string of the molecule is COC(=O)CN(C)CC1CC(O)C1. The van der Waals surface area contributed by atoms with E-state index in [-0.39, 0.29) is 12.1 Å². The van der Waals surface area contributed by atoms with Crippen LogP contribution in [0.1, 0.15) is 12.8 Å². The number of esters is 1. The highest BCUT2D eigenvalue weighted by Gasteiger charge is 2.28. The standard InChI is InChI=1S/C9H17NO3/c1-10(6-9(12)13-2)5-7-3-8(11)4-7/h7-8,11H,3-6H2,1-2H3. The van der Waals surface area contributed by atoms with Gasteiger partial charge in [-0.1, -0.05) is 0 Å². The molecule has 1 fully saturated rings. The van der Waals surface area contributed by atoms with Gasteiger partial charge in [-0.3, -0.25) is 9.69 Å². The third-order valence-corrected chi connectivity index (χ3v) is 2.41. The predicted molar refractivity (Wildman–Crippen MR) is 48.2 cm³/mol. The van der Waals surface area contributed by atoms with Crippen LogP contribution in [-0.2, 0) is 9.53 Å². The number of aliphatic hydroxyl groups is 1. The molecule has 1 rings (SSSR count). The molecule has 1 saturated carbocycles. The fourth-order valence-corrected chi connectivity index (χ4v) is 1.64. The molecular weight excluding hydrogens is 170 g/mol. The lowest BCUT2D eigenvalue weighted by molar-refractivity contribution is -0.141. The lowest BCUT2D eigenvalue weighted by Gasteiger charge is -2.34. The van der Waals surface area contributed by atoms with E-state index in [4.69, 9.17) is 5.11 Å². The summed E-state index contributed by atoms with van der Waals surface area (Å²) in [4.78, 5) is 12.8. The molecule has 0 unspecified atom stereocenters. The van der Waals surface area contributed by atoms with E-state index >= 15 is 0 Å². The number of carbonyl (C=O) groups is 1. The molecule has 0 saturated heterocycles. The molecule has 0 aliphatic heterocycles. The van der Waals surface area contributed by atoms with Gasteiger partial charge in [-0.05, 0) is 25.8 Å². The van der Waals surface area contributed by atoms with Crippen molar-refractivity contribution in [3.05, 3.63) is 0 Å². The molecule has 0 aromatic carbocycles. The van der Waals surface area contributed by atoms with Gasteiger partial charge in [-0.2, -0.15) is 0 Å². The fourth-order valence-electron chi connectivity index (χ4n) is 1.64. The van der Waals surface area contributed by atoms with Gasteiger partial charge >= 0.3 is 5.97 Å². The van der Waals surface area contributed by atoms with Crippen LogP contribution < -0.4 is 0 Å². The average molecular weight is 187 g/mol. The normalized spacial score (nSPS) is 27.1. The molecular formula is C9H17NO3. The van der Waals surface area contributed by atoms with Gasteiger partial charge in [0.2, 0.25) is 0 Å². The number of hydrogen-bond acceptors (Lipinski definition) is 4. The largest absolute Gasteiger partial charge is 0.468 e. The van der Waals surface area contributed by atoms with E-state index < -0.39 is 0 Å². The summed E-state index contributed by atoms with van der Waals surface area (Å²) < 4.78 is 4.55. The Bertz CT molecular complexity index is 178. The van der Waals surface area contributed by atoms with Crippen LogP contribution in [0.3, 0.4) is 0 Å². The molecule has 0 spiro atoms. The number of aliphatic hydroxyl groups excluding tert-OH is 1. The number of carbonyl (C=O) groups excluding carboxylic acids is 1. The Morgan fingerprint density at radius 1 is 1.62 bits per heavy atom. The van der Waals surface area contributed by atoms with Crippen molar-refractivity contribution in [2.24, 2.45) is 5.92 Å². The Kier molecular flexibility index (Phi) is 3.69. The lowest BCUT2D eigenvalue weighted by atomic mass is 9.82. The van der Waals surface area contributed by atoms with Crippen molar-refractivity contribution in [3.63, 3.8) is 0 Å². The second-order valence-electron chi connectivity index (χ2n) is 3.76. The van der Waals surface area contributed by atoms with Crippen LogP contribution in [-0.4, -0.2) is 49.3 Å². The number of methoxy groups -OCH3 is 1. The van der Waals surface area contributed by atoms with Crippen LogP contribution in [0, 0.1) is 5.92 Å². The van der Waals surface area contributed by atoms with Gasteiger partial charge in [0.25, 0.3) is 0 Å². The van der Waals surface area contributed by atoms with Gasteiger partial charge in [-0.15, -0.1) is 0 Å². The molecule has 76 valence electrons. The number of rotatable bonds is 4. The zero-order chi connectivity index (χ0) is 9.84. The van der Waals surface area contributed by atoms with Crippen LogP contribution >= 0.6 is 0 Å². The van der Waals surface area contributed by atoms with Gasteiger partial charge in [0.1, 0.15) is 0 Å². The molecule has 0 radical (unpaired) electrons. The summed E-state index contributed by atoms with van der Waals surface area (Å²) in [5.41, 5.74) is 0. The predicted octanol–water partition coefficient (Wildman–Crippen LogP) is -0.138. The van der Waals surface area contributed by atoms with Gasteiger partial charge < -0.3 is 9.84 Å². The monoisotopic (exact) mass is 187 g/mol. The summed E-state index contributed by atoms with van der Waals surface area (Å²) in [5.74, 6) is 0.340. The molecule has 0 amide bonds. The highest BCUT2D eigenvalue weighted by Crippen LogP contribution is 2.27. The minimum atomic E-state index is -0.206. The molecule has 0 bridgehead atoms. The van der Waals surface area contributed by atoms with Crippen molar-refractivity contribution in [2.45, 2.75) is 18.9 Å². The van der Waals surface area contributed by atoms with Crippen LogP contribution in [0.25, 0.3) is 0 Å². The highest BCUT2D eigenvalue weighted by molar-refractivity contribution is 5.71. The maximum Gasteiger partial charge on any atom is 0.319 e. The minimum absolute atomic E-state index is 0.114. The molecule has 0 atom stereocenters. The second-order valence-corrected chi connectivity index (χ2v) is 3.76. The summed E-state index contributed by atoms with van der Waals surface area (Å²) in [5, 5.41) is 9.05. The molecule has 1 aliphatic carbocycles. The Balaban J connectivity index is 2.11. The van der Waals surface area contributed by atoms with Crippen molar-refractivity contribution in [1.29, 1.82) is 0 Å². The maximum atomic E-state index is 10.9. The first-order chi connectivity index (χ1) is 6.11. The number of hydrogen-bond donors (Lipinski definition) is 1. The first-order valence-corrected chi connectivity index (χ1v) is 4.55. The average Bonchev–Trinajstić information content (AvgIpc) is 2.01. The van der Waals surface area contributed by atoms with E-state index in [0.717, 1.165) is 19.4 Å². The molecule has 0 aromatic heterocycles. The summed E-state index contributed by atoms with van der Waals surface area (Å²) in [6, 6.07) is 0. The lowest BCUT2D eigenvalue weighted by Crippen LogP contribution is -2.39. The van der Waals surface area contributed by atoms with Crippen LogP contribution in [0.5, 0.6) is 0 Å². The van der Waals surface area contributed by atoms with E-state index in [2.05, 4.69) is 4.74 Å². The third-order valence-electron chi connectivity index (χ3n) is 2.41. The topological polar surface area (TPSA) is 49.8 Å². The smallest absolute Gasteiger partial charge is 0.319 e. The Labute approximate surface area is 78.5 Å². The Morgan fingerprint density at radius 2 is 2.23 bits per heavy atom. The van der Waals surface area contributed by atoms with E-state index in [9.17, 15) is 4.79 Å². The summed E-state index contributed by atoms with van der Waals surface area (Å²) in [6.45, 7) is 1.20. The first-order valence-electron chi connectivity index (χ1n) is 4.55. The highest BCUT2D eigenvalue weighted by atomic mass is 16.5. The zero-order valence-corrected chi connectivity index (χ0v) is 8.19. The van der Waals surface area contributed by atoms with E-state index in [1.807, 2.05) is 11.9 Å². The number of likely N-dealkylation sites (N-methyl/N-ethyl adjacent to an activating group) is 1. The van der Waals surface area contributed by atoms with E-state index in [1.54, 1.807) is 0 Å². The fraction of sp³-hybridized carbons (Fsp3) is 0.889. The Hall–Kier alpha value is -0.610. The quantitative estimate of drug-likeness (QED) is 0.622. The second kappa shape index (κ2) is 4.58. The molecule has 1 aliphatic rings. The van der Waals surface area contributed by atoms with Crippen molar-refractivity contribution >= 4 is 5.97 Å². The Morgan fingerprint density at radius 3 is 2.69 bits per heavy atom. The molecule has 0 aromatic rings. The number of ether oxygens (including phenoxy) is 1. The number of nitrogens with zero attached hydrogens (tertiary/aromatic N) is 1. The minimum Gasteiger partial charge on any atom is -0.468 e. The molecule has 4 nitrogen and oxygen atoms in total. The van der Waals surface area contributed by atoms with Crippen LogP contribution in [0.15, 0.2) is 0 Å². The molecule has 13 heavy (non-hydrogen) atoms. The molecule has 4 heteroatoms. The van der Waals surface area contributed by atoms with E-state index in [0.29, 0.717) is 12.5 Å². The maximum absolute atomic E-state index is 10.9. The van der Waals surface area contributed by atoms with Crippen molar-refractivity contribution in [1.82, 2.24) is 4.90 Å². The zero-order valence-electron chi connectivity index (χ0n) is 8.19. The van der Waals surface area contributed by atoms with Crippen molar-refractivity contribution in [2.75, 3.05) is 27.2 Å². The van der Waals surface area contributed by atoms with Crippen LogP contribution in [0.2, 0.25) is 0 Å². The van der Waals surface area contributed by atoms with Crippen LogP contribution in [0.4, 0.5) is 0 Å². The van der Waals surface area contributed by atoms with Gasteiger partial charge in [-0.25, -0.2) is 0 Å². The first kappa shape index (κ1) is 10.5.